The van der Waals surface area contributed by atoms with E-state index in [-0.39, 0.29) is 6.61 Å². The zero-order valence-corrected chi connectivity index (χ0v) is 11.0. The van der Waals surface area contributed by atoms with Crippen molar-refractivity contribution in [1.82, 2.24) is 0 Å². The van der Waals surface area contributed by atoms with Crippen LogP contribution < -0.4 is 0 Å². The summed E-state index contributed by atoms with van der Waals surface area (Å²) in [6.07, 6.45) is -3.47. The van der Waals surface area contributed by atoms with Gasteiger partial charge < -0.3 is 25.2 Å². The van der Waals surface area contributed by atoms with Crippen LogP contribution in [0.25, 0.3) is 0 Å². The normalized spacial score (nSPS) is 38.6. The van der Waals surface area contributed by atoms with E-state index in [0.29, 0.717) is 5.92 Å². The van der Waals surface area contributed by atoms with Crippen molar-refractivity contribution in [3.8, 4) is 0 Å². The van der Waals surface area contributed by atoms with E-state index in [2.05, 4.69) is 13.8 Å². The van der Waals surface area contributed by atoms with E-state index in [9.17, 15) is 15.3 Å². The first-order valence-electron chi connectivity index (χ1n) is 5.89. The fraction of sp³-hybridized carbons (Fsp3) is 1.00. The Morgan fingerprint density at radius 1 is 1.12 bits per heavy atom. The molecule has 5 atom stereocenters. The van der Waals surface area contributed by atoms with Crippen molar-refractivity contribution < 1.29 is 25.2 Å². The van der Waals surface area contributed by atoms with Gasteiger partial charge in [-0.3, -0.25) is 0 Å². The molecule has 17 heavy (non-hydrogen) atoms. The molecule has 0 unspecified atom stereocenters. The van der Waals surface area contributed by atoms with Crippen LogP contribution in [-0.2, 0) is 4.74 Å². The van der Waals surface area contributed by atoms with Crippen LogP contribution in [0.3, 0.4) is 0 Å². The Hall–Kier alpha value is 0.150. The number of ether oxygens (including phenoxy) is 1. The first-order chi connectivity index (χ1) is 7.97. The van der Waals surface area contributed by atoms with Gasteiger partial charge in [0.1, 0.15) is 29.9 Å². The summed E-state index contributed by atoms with van der Waals surface area (Å²) >= 11 is 1.40. The summed E-state index contributed by atoms with van der Waals surface area (Å²) in [5, 5.41) is 37.9. The minimum Gasteiger partial charge on any atom is -0.394 e. The van der Waals surface area contributed by atoms with Crippen LogP contribution in [0.1, 0.15) is 20.3 Å². The number of hydrogen-bond acceptors (Lipinski definition) is 6. The van der Waals surface area contributed by atoms with Crippen molar-refractivity contribution in [3.05, 3.63) is 0 Å². The van der Waals surface area contributed by atoms with Crippen LogP contribution in [0, 0.1) is 5.92 Å². The second kappa shape index (κ2) is 6.92. The van der Waals surface area contributed by atoms with Gasteiger partial charge in [-0.2, -0.15) is 0 Å². The molecule has 0 amide bonds. The summed E-state index contributed by atoms with van der Waals surface area (Å²) in [4.78, 5) is 0. The average Bonchev–Trinajstić information content (AvgIpc) is 2.29. The van der Waals surface area contributed by atoms with E-state index in [4.69, 9.17) is 9.84 Å². The van der Waals surface area contributed by atoms with Crippen molar-refractivity contribution in [2.24, 2.45) is 5.92 Å². The molecule has 5 nitrogen and oxygen atoms in total. The molecule has 0 aromatic rings. The molecule has 1 fully saturated rings. The predicted octanol–water partition coefficient (Wildman–Crippen LogP) is -0.434. The van der Waals surface area contributed by atoms with Crippen LogP contribution in [0.4, 0.5) is 0 Å². The van der Waals surface area contributed by atoms with Gasteiger partial charge in [0, 0.05) is 0 Å². The summed E-state index contributed by atoms with van der Waals surface area (Å²) in [7, 11) is 0. The van der Waals surface area contributed by atoms with E-state index in [1.165, 1.54) is 11.8 Å². The molecule has 0 radical (unpaired) electrons. The van der Waals surface area contributed by atoms with Crippen molar-refractivity contribution in [1.29, 1.82) is 0 Å². The highest BCUT2D eigenvalue weighted by Gasteiger charge is 2.43. The quantitative estimate of drug-likeness (QED) is 0.540. The molecule has 0 spiro atoms. The average molecular weight is 266 g/mol. The molecule has 0 aromatic heterocycles. The van der Waals surface area contributed by atoms with Crippen LogP contribution in [-0.4, -0.2) is 62.6 Å². The smallest absolute Gasteiger partial charge is 0.132 e. The summed E-state index contributed by atoms with van der Waals surface area (Å²) in [6.45, 7) is 3.84. The molecule has 6 heteroatoms. The number of thioether (sulfide) groups is 1. The van der Waals surface area contributed by atoms with Crippen molar-refractivity contribution in [2.75, 3.05) is 12.4 Å². The highest BCUT2D eigenvalue weighted by Crippen LogP contribution is 2.29. The third-order valence-corrected chi connectivity index (χ3v) is 4.02. The Labute approximate surface area is 106 Å². The minimum atomic E-state index is -1.27. The number of aliphatic hydroxyl groups is 4. The fourth-order valence-corrected chi connectivity index (χ4v) is 3.04. The lowest BCUT2D eigenvalue weighted by atomic mass is 10.0. The molecule has 1 rings (SSSR count). The highest BCUT2D eigenvalue weighted by atomic mass is 32.2. The summed E-state index contributed by atoms with van der Waals surface area (Å²) in [5.74, 6) is 1.37. The molecule has 1 aliphatic heterocycles. The van der Waals surface area contributed by atoms with Crippen LogP contribution in [0.5, 0.6) is 0 Å². The Balaban J connectivity index is 2.47. The first-order valence-corrected chi connectivity index (χ1v) is 6.94. The van der Waals surface area contributed by atoms with E-state index >= 15 is 0 Å². The van der Waals surface area contributed by atoms with Crippen LogP contribution in [0.15, 0.2) is 0 Å². The van der Waals surface area contributed by atoms with Crippen LogP contribution >= 0.6 is 11.8 Å². The van der Waals surface area contributed by atoms with E-state index in [0.717, 1.165) is 12.2 Å². The van der Waals surface area contributed by atoms with Crippen LogP contribution in [0.2, 0.25) is 0 Å². The molecular formula is C11H22O5S. The predicted molar refractivity (Wildman–Crippen MR) is 65.7 cm³/mol. The Kier molecular flexibility index (Phi) is 6.19. The maximum absolute atomic E-state index is 9.75. The zero-order chi connectivity index (χ0) is 13.0. The van der Waals surface area contributed by atoms with Gasteiger partial charge in [0.25, 0.3) is 0 Å². The topological polar surface area (TPSA) is 90.2 Å². The lowest BCUT2D eigenvalue weighted by Gasteiger charge is -2.39. The molecule has 4 N–H and O–H groups in total. The highest BCUT2D eigenvalue weighted by molar-refractivity contribution is 7.99. The SMILES string of the molecule is CC(C)CCS[C@@H]1O[C@H](CO)[C@H](O)[C@H](O)[C@H]1O. The summed E-state index contributed by atoms with van der Waals surface area (Å²) < 4.78 is 5.37. The lowest BCUT2D eigenvalue weighted by molar-refractivity contribution is -0.205. The van der Waals surface area contributed by atoms with Gasteiger partial charge in [-0.15, -0.1) is 11.8 Å². The first kappa shape index (κ1) is 15.2. The molecule has 1 saturated heterocycles. The standard InChI is InChI=1S/C11H22O5S/c1-6(2)3-4-17-11-10(15)9(14)8(13)7(5-12)16-11/h6-15H,3-5H2,1-2H3/t7-,8+,9+,10-,11+/m1/s1. The Morgan fingerprint density at radius 3 is 2.29 bits per heavy atom. The van der Waals surface area contributed by atoms with Crippen molar-refractivity contribution in [2.45, 2.75) is 50.1 Å². The van der Waals surface area contributed by atoms with Gasteiger partial charge in [-0.25, -0.2) is 0 Å². The maximum atomic E-state index is 9.75. The Morgan fingerprint density at radius 2 is 1.76 bits per heavy atom. The van der Waals surface area contributed by atoms with Gasteiger partial charge in [0.05, 0.1) is 6.61 Å². The van der Waals surface area contributed by atoms with E-state index < -0.39 is 29.9 Å². The van der Waals surface area contributed by atoms with Gasteiger partial charge in [-0.1, -0.05) is 13.8 Å². The summed E-state index contributed by atoms with van der Waals surface area (Å²) in [6, 6.07) is 0. The number of aliphatic hydroxyl groups excluding tert-OH is 4. The molecule has 0 saturated carbocycles. The van der Waals surface area contributed by atoms with E-state index in [1.807, 2.05) is 0 Å². The van der Waals surface area contributed by atoms with E-state index in [1.54, 1.807) is 0 Å². The molecule has 1 aliphatic rings. The zero-order valence-electron chi connectivity index (χ0n) is 10.2. The second-order valence-corrected chi connectivity index (χ2v) is 5.96. The second-order valence-electron chi connectivity index (χ2n) is 4.75. The summed E-state index contributed by atoms with van der Waals surface area (Å²) in [5.41, 5.74) is -0.593. The number of rotatable bonds is 5. The third kappa shape index (κ3) is 4.08. The van der Waals surface area contributed by atoms with Gasteiger partial charge in [0.15, 0.2) is 0 Å². The van der Waals surface area contributed by atoms with Gasteiger partial charge in [-0.05, 0) is 18.1 Å². The monoisotopic (exact) mass is 266 g/mol. The lowest BCUT2D eigenvalue weighted by Crippen LogP contribution is -2.57. The largest absolute Gasteiger partial charge is 0.394 e. The van der Waals surface area contributed by atoms with Gasteiger partial charge >= 0.3 is 0 Å². The molecular weight excluding hydrogens is 244 g/mol. The number of hydrogen-bond donors (Lipinski definition) is 4. The van der Waals surface area contributed by atoms with Crippen molar-refractivity contribution >= 4 is 11.8 Å². The minimum absolute atomic E-state index is 0.369. The maximum Gasteiger partial charge on any atom is 0.132 e. The van der Waals surface area contributed by atoms with Gasteiger partial charge in [0.2, 0.25) is 0 Å². The molecule has 0 aliphatic carbocycles. The third-order valence-electron chi connectivity index (χ3n) is 2.83. The molecule has 0 bridgehead atoms. The Bertz CT molecular complexity index is 224. The van der Waals surface area contributed by atoms with Crippen molar-refractivity contribution in [3.63, 3.8) is 0 Å². The molecule has 0 aromatic carbocycles. The molecule has 102 valence electrons. The molecule has 1 heterocycles. The fourth-order valence-electron chi connectivity index (χ4n) is 1.63.